The van der Waals surface area contributed by atoms with Crippen molar-refractivity contribution in [1.82, 2.24) is 9.78 Å². The van der Waals surface area contributed by atoms with E-state index >= 15 is 0 Å². The number of anilines is 1. The van der Waals surface area contributed by atoms with Gasteiger partial charge in [-0.25, -0.2) is 0 Å². The van der Waals surface area contributed by atoms with Crippen molar-refractivity contribution >= 4 is 11.6 Å². The quantitative estimate of drug-likeness (QED) is 0.809. The minimum absolute atomic E-state index is 0.0701. The van der Waals surface area contributed by atoms with Gasteiger partial charge in [0.15, 0.2) is 0 Å². The van der Waals surface area contributed by atoms with Crippen LogP contribution in [0.5, 0.6) is 5.75 Å². The molecule has 0 fully saturated rings. The second kappa shape index (κ2) is 5.35. The summed E-state index contributed by atoms with van der Waals surface area (Å²) in [5.74, 6) is 0.126. The number of hydrogen-bond donors (Lipinski definition) is 2. The Kier molecular flexibility index (Phi) is 3.62. The minimum Gasteiger partial charge on any atom is -0.508 e. The molecular weight excluding hydrogens is 230 g/mol. The fraction of sp³-hybridized carbons (Fsp3) is 0.231. The number of aromatic nitrogens is 2. The van der Waals surface area contributed by atoms with Crippen LogP contribution < -0.4 is 5.32 Å². The molecule has 1 aromatic heterocycles. The Labute approximate surface area is 105 Å². The maximum absolute atomic E-state index is 11.7. The van der Waals surface area contributed by atoms with Crippen molar-refractivity contribution in [3.8, 4) is 5.75 Å². The Morgan fingerprint density at radius 3 is 3.00 bits per heavy atom. The number of carbonyl (C=O) groups is 1. The minimum atomic E-state index is -0.0701. The fourth-order valence-corrected chi connectivity index (χ4v) is 1.65. The summed E-state index contributed by atoms with van der Waals surface area (Å²) in [6.07, 6.45) is 3.86. The molecule has 0 unspecified atom stereocenters. The second-order valence-corrected chi connectivity index (χ2v) is 4.07. The van der Waals surface area contributed by atoms with Crippen LogP contribution in [0.3, 0.4) is 0 Å². The maximum atomic E-state index is 11.7. The predicted molar refractivity (Wildman–Crippen MR) is 68.3 cm³/mol. The normalized spacial score (nSPS) is 10.3. The standard InChI is InChI=1S/C13H15N3O2/c1-10-9-11(17)3-4-12(10)15-13(18)5-8-16-7-2-6-14-16/h2-4,6-7,9,17H,5,8H2,1H3,(H,15,18). The van der Waals surface area contributed by atoms with E-state index in [1.165, 1.54) is 0 Å². The molecule has 2 N–H and O–H groups in total. The third-order valence-electron chi connectivity index (χ3n) is 2.61. The van der Waals surface area contributed by atoms with E-state index in [2.05, 4.69) is 10.4 Å². The monoisotopic (exact) mass is 245 g/mol. The van der Waals surface area contributed by atoms with Gasteiger partial charge in [-0.3, -0.25) is 9.48 Å². The van der Waals surface area contributed by atoms with Crippen molar-refractivity contribution in [2.24, 2.45) is 0 Å². The van der Waals surface area contributed by atoms with Crippen LogP contribution in [0.15, 0.2) is 36.7 Å². The lowest BCUT2D eigenvalue weighted by atomic mass is 10.2. The van der Waals surface area contributed by atoms with Crippen LogP contribution in [0, 0.1) is 6.92 Å². The fourth-order valence-electron chi connectivity index (χ4n) is 1.65. The zero-order valence-electron chi connectivity index (χ0n) is 10.1. The highest BCUT2D eigenvalue weighted by Gasteiger charge is 2.05. The number of phenols is 1. The molecule has 0 aliphatic carbocycles. The number of hydrogen-bond acceptors (Lipinski definition) is 3. The van der Waals surface area contributed by atoms with Gasteiger partial charge < -0.3 is 10.4 Å². The van der Waals surface area contributed by atoms with Gasteiger partial charge in [-0.15, -0.1) is 0 Å². The lowest BCUT2D eigenvalue weighted by molar-refractivity contribution is -0.116. The van der Waals surface area contributed by atoms with Crippen LogP contribution in [0.2, 0.25) is 0 Å². The number of phenolic OH excluding ortho intramolecular Hbond substituents is 1. The SMILES string of the molecule is Cc1cc(O)ccc1NC(=O)CCn1cccn1. The first-order valence-corrected chi connectivity index (χ1v) is 5.72. The second-order valence-electron chi connectivity index (χ2n) is 4.07. The average molecular weight is 245 g/mol. The van der Waals surface area contributed by atoms with E-state index in [1.807, 2.05) is 19.2 Å². The van der Waals surface area contributed by atoms with Crippen LogP contribution in [0.1, 0.15) is 12.0 Å². The van der Waals surface area contributed by atoms with Crippen LogP contribution in [-0.2, 0) is 11.3 Å². The topological polar surface area (TPSA) is 67.2 Å². The van der Waals surface area contributed by atoms with Crippen molar-refractivity contribution in [3.63, 3.8) is 0 Å². The molecule has 0 aliphatic rings. The first kappa shape index (κ1) is 12.2. The van der Waals surface area contributed by atoms with Crippen LogP contribution in [-0.4, -0.2) is 20.8 Å². The van der Waals surface area contributed by atoms with Gasteiger partial charge in [-0.05, 0) is 36.8 Å². The summed E-state index contributed by atoms with van der Waals surface area (Å²) in [7, 11) is 0. The number of benzene rings is 1. The maximum Gasteiger partial charge on any atom is 0.226 e. The van der Waals surface area contributed by atoms with Crippen LogP contribution >= 0.6 is 0 Å². The van der Waals surface area contributed by atoms with Crippen LogP contribution in [0.25, 0.3) is 0 Å². The molecule has 0 bridgehead atoms. The highest BCUT2D eigenvalue weighted by Crippen LogP contribution is 2.20. The Hall–Kier alpha value is -2.30. The molecule has 2 aromatic rings. The van der Waals surface area contributed by atoms with E-state index in [0.717, 1.165) is 11.3 Å². The van der Waals surface area contributed by atoms with Crippen molar-refractivity contribution in [1.29, 1.82) is 0 Å². The number of nitrogens with one attached hydrogen (secondary N) is 1. The Morgan fingerprint density at radius 1 is 1.50 bits per heavy atom. The van der Waals surface area contributed by atoms with E-state index in [9.17, 15) is 9.90 Å². The average Bonchev–Trinajstić information content (AvgIpc) is 2.83. The molecule has 0 atom stereocenters. The van der Waals surface area contributed by atoms with E-state index in [4.69, 9.17) is 0 Å². The third kappa shape index (κ3) is 3.10. The van der Waals surface area contributed by atoms with Gasteiger partial charge in [0.05, 0.1) is 0 Å². The predicted octanol–water partition coefficient (Wildman–Crippen LogP) is 1.93. The number of rotatable bonds is 4. The third-order valence-corrected chi connectivity index (χ3v) is 2.61. The Balaban J connectivity index is 1.91. The van der Waals surface area contributed by atoms with Crippen LogP contribution in [0.4, 0.5) is 5.69 Å². The van der Waals surface area contributed by atoms with Gasteiger partial charge in [0.1, 0.15) is 5.75 Å². The van der Waals surface area contributed by atoms with Gasteiger partial charge >= 0.3 is 0 Å². The smallest absolute Gasteiger partial charge is 0.226 e. The number of nitrogens with zero attached hydrogens (tertiary/aromatic N) is 2. The zero-order valence-corrected chi connectivity index (χ0v) is 10.1. The molecule has 1 aromatic carbocycles. The molecule has 0 saturated heterocycles. The molecule has 0 aliphatic heterocycles. The summed E-state index contributed by atoms with van der Waals surface area (Å²) in [4.78, 5) is 11.7. The van der Waals surface area contributed by atoms with Gasteiger partial charge in [-0.1, -0.05) is 0 Å². The van der Waals surface area contributed by atoms with E-state index in [-0.39, 0.29) is 11.7 Å². The van der Waals surface area contributed by atoms with Crippen molar-refractivity contribution < 1.29 is 9.90 Å². The van der Waals surface area contributed by atoms with Crippen molar-refractivity contribution in [2.75, 3.05) is 5.32 Å². The highest BCUT2D eigenvalue weighted by atomic mass is 16.3. The number of amides is 1. The van der Waals surface area contributed by atoms with Gasteiger partial charge in [0.25, 0.3) is 0 Å². The lowest BCUT2D eigenvalue weighted by Crippen LogP contribution is -2.15. The Morgan fingerprint density at radius 2 is 2.33 bits per heavy atom. The summed E-state index contributed by atoms with van der Waals surface area (Å²) in [6.45, 7) is 2.39. The molecule has 2 rings (SSSR count). The lowest BCUT2D eigenvalue weighted by Gasteiger charge is -2.08. The molecule has 5 nitrogen and oxygen atoms in total. The molecule has 18 heavy (non-hydrogen) atoms. The summed E-state index contributed by atoms with van der Waals surface area (Å²) in [5.41, 5.74) is 1.56. The van der Waals surface area contributed by atoms with Crippen molar-refractivity contribution in [2.45, 2.75) is 19.9 Å². The molecule has 94 valence electrons. The molecule has 1 amide bonds. The number of aryl methyl sites for hydroxylation is 2. The largest absolute Gasteiger partial charge is 0.508 e. The number of aromatic hydroxyl groups is 1. The Bertz CT molecular complexity index is 535. The van der Waals surface area contributed by atoms with Crippen molar-refractivity contribution in [3.05, 3.63) is 42.2 Å². The summed E-state index contributed by atoms with van der Waals surface area (Å²) >= 11 is 0. The van der Waals surface area contributed by atoms with Gasteiger partial charge in [-0.2, -0.15) is 5.10 Å². The summed E-state index contributed by atoms with van der Waals surface area (Å²) in [5, 5.41) is 16.1. The summed E-state index contributed by atoms with van der Waals surface area (Å²) in [6, 6.07) is 6.68. The molecule has 0 radical (unpaired) electrons. The zero-order chi connectivity index (χ0) is 13.0. The van der Waals surface area contributed by atoms with Gasteiger partial charge in [0.2, 0.25) is 5.91 Å². The molecule has 1 heterocycles. The first-order chi connectivity index (χ1) is 8.65. The first-order valence-electron chi connectivity index (χ1n) is 5.72. The number of carbonyl (C=O) groups excluding carboxylic acids is 1. The molecule has 0 saturated carbocycles. The molecule has 5 heteroatoms. The molecular formula is C13H15N3O2. The summed E-state index contributed by atoms with van der Waals surface area (Å²) < 4.78 is 1.71. The van der Waals surface area contributed by atoms with E-state index in [0.29, 0.717) is 13.0 Å². The van der Waals surface area contributed by atoms with Gasteiger partial charge in [0, 0.05) is 31.0 Å². The highest BCUT2D eigenvalue weighted by molar-refractivity contribution is 5.91. The molecule has 0 spiro atoms. The van der Waals surface area contributed by atoms with E-state index < -0.39 is 0 Å². The van der Waals surface area contributed by atoms with E-state index in [1.54, 1.807) is 29.1 Å².